The first-order chi connectivity index (χ1) is 48.3. The number of aliphatic hydroxyl groups excluding tert-OH is 2. The van der Waals surface area contributed by atoms with E-state index in [0.717, 1.165) is 32.5 Å². The third-order valence-electron chi connectivity index (χ3n) is 15.7. The Labute approximate surface area is 591 Å². The van der Waals surface area contributed by atoms with Crippen LogP contribution in [0, 0.1) is 0 Å². The Morgan fingerprint density at radius 2 is 1.18 bits per heavy atom. The summed E-state index contributed by atoms with van der Waals surface area (Å²) in [5.74, 6) is -15.3. The number of H-pyrrole nitrogens is 1. The van der Waals surface area contributed by atoms with Crippen molar-refractivity contribution in [2.75, 3.05) is 31.3 Å². The zero-order chi connectivity index (χ0) is 75.6. The van der Waals surface area contributed by atoms with Crippen LogP contribution in [0.3, 0.4) is 0 Å². The molecule has 1 aromatic heterocycles. The van der Waals surface area contributed by atoms with Crippen molar-refractivity contribution >= 4 is 117 Å². The zero-order valence-corrected chi connectivity index (χ0v) is 57.9. The van der Waals surface area contributed by atoms with Gasteiger partial charge in [-0.05, 0) is 88.0 Å². The lowest BCUT2D eigenvalue weighted by Crippen LogP contribution is -2.62. The van der Waals surface area contributed by atoms with E-state index in [1.807, 2.05) is 0 Å². The van der Waals surface area contributed by atoms with Crippen molar-refractivity contribution in [2.24, 2.45) is 38.7 Å². The van der Waals surface area contributed by atoms with E-state index >= 15 is 4.79 Å². The van der Waals surface area contributed by atoms with Gasteiger partial charge in [0.1, 0.15) is 60.4 Å². The standard InChI is InChI=1S/C63H95N21O17S/c1-32(85)50-59(98)80-45(26-37-14-9-13-36-12-5-6-15-39(36)37)57(96)77-41(17-10-24-71-62(65)66)52(91)76-40(54(93)81-46(61(100)101)27-38-28-69-30-73-38)16-7-8-23-70-49(90)22-20-43(75-35(4)88)55(94)83-51(33(2)86)60(99)82-47(29-102-31-74-34(3)87)58(97)78-42(18-11-25-72-63(67)68)53(92)79-44(56(95)84-50)19-21-48(64)89/h5-6,9,12-15,28,30,32-33,40-47,50-51,85-86H,7-8,10-11,16-27,29,31H2,1-4H3,(H2,64,89)(H,69,73)(H,70,90)(H,74,87)(H,75,88)(H,76,91)(H,77,96)(H,78,97)(H,79,92)(H,80,98)(H,81,93)(H,82,99)(H,83,94)(H,84,95)(H,100,101)(H4,65,66,71)(H4,67,68,72)/t32-,33-,40+,41+,42+,43+,44+,45+,46+,47+,50+,51+/m1/s1. The maximum absolute atomic E-state index is 15.1. The second-order valence-electron chi connectivity index (χ2n) is 24.1. The number of fused-ring (bicyclic) bond motifs is 1. The number of aromatic nitrogens is 2. The number of guanidine groups is 2. The van der Waals surface area contributed by atoms with Crippen LogP contribution in [0.5, 0.6) is 0 Å². The molecule has 0 saturated carbocycles. The normalized spacial score (nSPS) is 22.4. The van der Waals surface area contributed by atoms with E-state index in [2.05, 4.69) is 83.8 Å². The Balaban J connectivity index is 1.90. The summed E-state index contributed by atoms with van der Waals surface area (Å²) in [5.41, 5.74) is 28.6. The Kier molecular flexibility index (Phi) is 35.4. The van der Waals surface area contributed by atoms with Gasteiger partial charge in [0.25, 0.3) is 0 Å². The third kappa shape index (κ3) is 30.0. The number of carbonyl (C=O) groups is 14. The van der Waals surface area contributed by atoms with E-state index in [4.69, 9.17) is 28.7 Å². The summed E-state index contributed by atoms with van der Waals surface area (Å²) in [5, 5.41) is 63.9. The molecule has 2 heterocycles. The average molecular weight is 1450 g/mol. The molecule has 1 saturated heterocycles. The van der Waals surface area contributed by atoms with Crippen LogP contribution in [0.2, 0.25) is 0 Å². The largest absolute Gasteiger partial charge is 0.480 e. The first kappa shape index (κ1) is 83.7. The molecule has 1 fully saturated rings. The predicted molar refractivity (Wildman–Crippen MR) is 371 cm³/mol. The van der Waals surface area contributed by atoms with Gasteiger partial charge in [-0.3, -0.25) is 72.3 Å². The first-order valence-electron chi connectivity index (χ1n) is 32.8. The minimum Gasteiger partial charge on any atom is -0.480 e. The lowest BCUT2D eigenvalue weighted by Gasteiger charge is -2.29. The number of aliphatic carboxylic acids is 1. The van der Waals surface area contributed by atoms with E-state index in [9.17, 15) is 77.6 Å². The van der Waals surface area contributed by atoms with Gasteiger partial charge in [0, 0.05) is 76.8 Å². The number of rotatable bonds is 25. The van der Waals surface area contributed by atoms with E-state index in [-0.39, 0.29) is 107 Å². The fraction of sp³-hybridized carbons (Fsp3) is 0.540. The Morgan fingerprint density at radius 1 is 0.637 bits per heavy atom. The van der Waals surface area contributed by atoms with Crippen LogP contribution in [0.1, 0.15) is 110 Å². The number of aliphatic hydroxyl groups is 2. The minimum atomic E-state index is -1.98. The van der Waals surface area contributed by atoms with Gasteiger partial charge in [0.05, 0.1) is 24.4 Å². The highest BCUT2D eigenvalue weighted by atomic mass is 32.2. The van der Waals surface area contributed by atoms with Gasteiger partial charge < -0.3 is 113 Å². The predicted octanol–water partition coefficient (Wildman–Crippen LogP) is -6.66. The van der Waals surface area contributed by atoms with Crippen LogP contribution >= 0.6 is 11.8 Å². The average Bonchev–Trinajstić information content (AvgIpc) is 0.841. The Bertz CT molecular complexity index is 3450. The second-order valence-corrected chi connectivity index (χ2v) is 25.2. The molecule has 12 atom stereocenters. The van der Waals surface area contributed by atoms with E-state index in [1.54, 1.807) is 42.5 Å². The van der Waals surface area contributed by atoms with Gasteiger partial charge in [-0.15, -0.1) is 11.8 Å². The second kappa shape index (κ2) is 43.1. The maximum Gasteiger partial charge on any atom is 0.326 e. The number of nitrogens with two attached hydrogens (primary N) is 5. The molecular weight excluding hydrogens is 1350 g/mol. The van der Waals surface area contributed by atoms with Gasteiger partial charge in [-0.2, -0.15) is 0 Å². The number of carboxylic acid groups (broad SMARTS) is 1. The summed E-state index contributed by atoms with van der Waals surface area (Å²) >= 11 is 0.913. The fourth-order valence-electron chi connectivity index (χ4n) is 10.4. The molecule has 0 spiro atoms. The van der Waals surface area contributed by atoms with Gasteiger partial charge in [0.2, 0.25) is 76.8 Å². The molecule has 3 aromatic rings. The fourth-order valence-corrected chi connectivity index (χ4v) is 11.3. The lowest BCUT2D eigenvalue weighted by molar-refractivity contribution is -0.142. The van der Waals surface area contributed by atoms with E-state index in [0.29, 0.717) is 22.0 Å². The molecule has 2 aromatic carbocycles. The molecule has 1 aliphatic heterocycles. The number of thioether (sulfide) groups is 1. The van der Waals surface area contributed by atoms with Crippen LogP contribution in [-0.2, 0) is 80.0 Å². The van der Waals surface area contributed by atoms with Crippen LogP contribution in [0.25, 0.3) is 10.8 Å². The summed E-state index contributed by atoms with van der Waals surface area (Å²) in [6.45, 7) is 4.23. The van der Waals surface area contributed by atoms with Crippen molar-refractivity contribution in [3.63, 3.8) is 0 Å². The summed E-state index contributed by atoms with van der Waals surface area (Å²) in [6, 6.07) is -4.75. The zero-order valence-electron chi connectivity index (χ0n) is 57.0. The Hall–Kier alpha value is -10.7. The number of carboxylic acids is 1. The third-order valence-corrected chi connectivity index (χ3v) is 16.6. The lowest BCUT2D eigenvalue weighted by atomic mass is 9.97. The van der Waals surface area contributed by atoms with Gasteiger partial charge in [-0.25, -0.2) is 9.78 Å². The number of aromatic amines is 1. The smallest absolute Gasteiger partial charge is 0.326 e. The Morgan fingerprint density at radius 3 is 1.74 bits per heavy atom. The topological polar surface area (TPSA) is 628 Å². The van der Waals surface area contributed by atoms with Gasteiger partial charge in [-0.1, -0.05) is 42.5 Å². The van der Waals surface area contributed by atoms with Crippen molar-refractivity contribution in [3.8, 4) is 0 Å². The highest BCUT2D eigenvalue weighted by molar-refractivity contribution is 7.99. The molecule has 102 heavy (non-hydrogen) atoms. The van der Waals surface area contributed by atoms with Crippen LogP contribution in [0.4, 0.5) is 0 Å². The van der Waals surface area contributed by atoms with Crippen molar-refractivity contribution in [1.29, 1.82) is 0 Å². The molecule has 1 aliphatic rings. The number of imidazole rings is 1. The number of nitrogens with one attached hydrogen (secondary N) is 13. The van der Waals surface area contributed by atoms with Crippen molar-refractivity contribution in [2.45, 2.75) is 184 Å². The number of carbonyl (C=O) groups excluding carboxylic acids is 13. The number of hydrogen-bond donors (Lipinski definition) is 21. The molecule has 26 N–H and O–H groups in total. The summed E-state index contributed by atoms with van der Waals surface area (Å²) in [6.07, 6.45) is -4.09. The van der Waals surface area contributed by atoms with E-state index < -0.39 is 175 Å². The van der Waals surface area contributed by atoms with Crippen LogP contribution in [0.15, 0.2) is 65.0 Å². The van der Waals surface area contributed by atoms with Gasteiger partial charge in [0.15, 0.2) is 11.9 Å². The molecular formula is C63H95N21O17S. The quantitative estimate of drug-likeness (QED) is 0.0162. The van der Waals surface area contributed by atoms with Crippen molar-refractivity contribution in [1.82, 2.24) is 73.8 Å². The maximum atomic E-state index is 15.1. The first-order valence-corrected chi connectivity index (χ1v) is 34.0. The number of primary amides is 1. The summed E-state index contributed by atoms with van der Waals surface area (Å²) in [4.78, 5) is 208. The highest BCUT2D eigenvalue weighted by Crippen LogP contribution is 2.21. The summed E-state index contributed by atoms with van der Waals surface area (Å²) in [7, 11) is 0. The number of benzene rings is 2. The monoisotopic (exact) mass is 1450 g/mol. The van der Waals surface area contributed by atoms with Gasteiger partial charge >= 0.3 is 5.97 Å². The number of amides is 13. The molecule has 0 aliphatic carbocycles. The van der Waals surface area contributed by atoms with Crippen LogP contribution < -0.4 is 92.5 Å². The number of nitrogens with zero attached hydrogens (tertiary/aromatic N) is 3. The molecule has 0 unspecified atom stereocenters. The molecule has 13 amide bonds. The number of hydrogen-bond acceptors (Lipinski definition) is 20. The minimum absolute atomic E-state index is 0.00337. The molecule has 0 bridgehead atoms. The SMILES string of the molecule is CC(=O)NCSC[C@@H]1NC(=O)[C@H]([C@@H](C)O)NC(=O)[C@@H](NC(C)=O)CCC(=O)NCCCC[C@@H](C(=O)N[C@@H](Cc2cnc[nH]2)C(=O)O)NC(=O)[C@H](CCCN=C(N)N)NC(=O)[C@H](Cc2cccc3ccccc23)NC(=O)[C@H]([C@@H](C)O)NC(=O)[C@H](CCC(N)=O)NC(=O)[C@H](CCCN=C(N)N)NC1=O. The molecule has 560 valence electrons. The van der Waals surface area contributed by atoms with Crippen molar-refractivity contribution < 1.29 is 82.4 Å². The van der Waals surface area contributed by atoms with E-state index in [1.165, 1.54) is 19.4 Å². The van der Waals surface area contributed by atoms with Crippen molar-refractivity contribution in [3.05, 3.63) is 66.2 Å². The molecule has 4 rings (SSSR count). The summed E-state index contributed by atoms with van der Waals surface area (Å²) < 4.78 is 0. The molecule has 0 radical (unpaired) electrons. The molecule has 39 heteroatoms. The van der Waals surface area contributed by atoms with Crippen LogP contribution in [-0.4, -0.2) is 224 Å². The highest BCUT2D eigenvalue weighted by Gasteiger charge is 2.38. The molecule has 38 nitrogen and oxygen atoms in total. The number of aliphatic imine (C=N–C) groups is 2.